The number of carbonyl (C=O) groups is 2. The van der Waals surface area contributed by atoms with Crippen LogP contribution in [-0.2, 0) is 9.59 Å². The van der Waals surface area contributed by atoms with Gasteiger partial charge < -0.3 is 10.0 Å². The van der Waals surface area contributed by atoms with E-state index in [0.29, 0.717) is 12.5 Å². The first-order chi connectivity index (χ1) is 7.61. The molecule has 0 radical (unpaired) electrons. The third kappa shape index (κ3) is 1.93. The fourth-order valence-electron chi connectivity index (χ4n) is 2.82. The molecule has 2 rings (SSSR count). The minimum absolute atomic E-state index is 0.0468. The molecule has 0 bridgehead atoms. The van der Waals surface area contributed by atoms with Gasteiger partial charge in [-0.3, -0.25) is 9.59 Å². The number of hydrogen-bond acceptors (Lipinski definition) is 2. The van der Waals surface area contributed by atoms with Crippen LogP contribution in [-0.4, -0.2) is 35.0 Å². The van der Waals surface area contributed by atoms with Crippen molar-refractivity contribution < 1.29 is 14.7 Å². The molecule has 2 aliphatic rings. The molecule has 0 aromatic carbocycles. The van der Waals surface area contributed by atoms with E-state index in [4.69, 9.17) is 5.11 Å². The number of nitrogens with zero attached hydrogens (tertiary/aromatic N) is 1. The topological polar surface area (TPSA) is 57.6 Å². The molecule has 2 aliphatic carbocycles. The highest BCUT2D eigenvalue weighted by molar-refractivity contribution is 5.86. The van der Waals surface area contributed by atoms with Gasteiger partial charge in [0.2, 0.25) is 5.91 Å². The molecule has 4 heteroatoms. The van der Waals surface area contributed by atoms with Crippen LogP contribution >= 0.6 is 0 Å². The van der Waals surface area contributed by atoms with Gasteiger partial charge in [0.1, 0.15) is 0 Å². The number of rotatable bonds is 3. The van der Waals surface area contributed by atoms with Gasteiger partial charge in [-0.1, -0.05) is 12.8 Å². The lowest BCUT2D eigenvalue weighted by atomic mass is 9.73. The summed E-state index contributed by atoms with van der Waals surface area (Å²) in [6.07, 6.45) is 5.93. The van der Waals surface area contributed by atoms with Crippen LogP contribution in [0, 0.1) is 11.8 Å². The third-order valence-corrected chi connectivity index (χ3v) is 4.13. The summed E-state index contributed by atoms with van der Waals surface area (Å²) in [6, 6.07) is 0.350. The van der Waals surface area contributed by atoms with Crippen molar-refractivity contribution in [3.63, 3.8) is 0 Å². The maximum absolute atomic E-state index is 12.1. The van der Waals surface area contributed by atoms with Crippen molar-refractivity contribution in [1.82, 2.24) is 4.90 Å². The van der Waals surface area contributed by atoms with Crippen LogP contribution in [0.4, 0.5) is 0 Å². The van der Waals surface area contributed by atoms with Crippen LogP contribution in [0.1, 0.15) is 38.5 Å². The quantitative estimate of drug-likeness (QED) is 0.791. The van der Waals surface area contributed by atoms with E-state index in [2.05, 4.69) is 0 Å². The van der Waals surface area contributed by atoms with Crippen molar-refractivity contribution in [1.29, 1.82) is 0 Å². The van der Waals surface area contributed by atoms with Crippen LogP contribution in [0.15, 0.2) is 0 Å². The Balaban J connectivity index is 1.94. The molecule has 4 nitrogen and oxygen atoms in total. The molecule has 0 aliphatic heterocycles. The van der Waals surface area contributed by atoms with Crippen LogP contribution < -0.4 is 0 Å². The number of carbonyl (C=O) groups excluding carboxylic acids is 1. The van der Waals surface area contributed by atoms with Crippen molar-refractivity contribution in [2.45, 2.75) is 44.6 Å². The molecule has 2 saturated carbocycles. The first-order valence-corrected chi connectivity index (χ1v) is 6.10. The Kier molecular flexibility index (Phi) is 3.17. The summed E-state index contributed by atoms with van der Waals surface area (Å²) in [5.41, 5.74) is 0. The lowest BCUT2D eigenvalue weighted by molar-refractivity contribution is -0.156. The number of amides is 1. The summed E-state index contributed by atoms with van der Waals surface area (Å²) < 4.78 is 0. The average molecular weight is 225 g/mol. The van der Waals surface area contributed by atoms with Gasteiger partial charge in [0.15, 0.2) is 0 Å². The van der Waals surface area contributed by atoms with E-state index in [-0.39, 0.29) is 11.8 Å². The first-order valence-electron chi connectivity index (χ1n) is 6.10. The lowest BCUT2D eigenvalue weighted by Gasteiger charge is -2.37. The molecule has 90 valence electrons. The summed E-state index contributed by atoms with van der Waals surface area (Å²) in [7, 11) is 1.83. The molecule has 0 saturated heterocycles. The molecule has 1 amide bonds. The fraction of sp³-hybridized carbons (Fsp3) is 0.833. The summed E-state index contributed by atoms with van der Waals surface area (Å²) in [5.74, 6) is -1.46. The second-order valence-electron chi connectivity index (χ2n) is 5.02. The second kappa shape index (κ2) is 4.44. The number of aliphatic carboxylic acids is 1. The predicted octanol–water partition coefficient (Wildman–Crippen LogP) is 1.50. The van der Waals surface area contributed by atoms with Crippen LogP contribution in [0.3, 0.4) is 0 Å². The fourth-order valence-corrected chi connectivity index (χ4v) is 2.82. The number of hydrogen-bond donors (Lipinski definition) is 1. The van der Waals surface area contributed by atoms with E-state index in [1.165, 1.54) is 12.8 Å². The van der Waals surface area contributed by atoms with Crippen LogP contribution in [0.2, 0.25) is 0 Å². The summed E-state index contributed by atoms with van der Waals surface area (Å²) >= 11 is 0. The normalized spacial score (nSPS) is 29.8. The predicted molar refractivity (Wildman–Crippen MR) is 58.9 cm³/mol. The maximum atomic E-state index is 12.1. The molecule has 0 heterocycles. The van der Waals surface area contributed by atoms with Crippen LogP contribution in [0.5, 0.6) is 0 Å². The van der Waals surface area contributed by atoms with Gasteiger partial charge in [0.25, 0.3) is 0 Å². The van der Waals surface area contributed by atoms with Gasteiger partial charge in [0.05, 0.1) is 11.8 Å². The lowest BCUT2D eigenvalue weighted by Crippen LogP contribution is -2.47. The highest BCUT2D eigenvalue weighted by Gasteiger charge is 2.43. The zero-order valence-corrected chi connectivity index (χ0v) is 9.69. The molecule has 2 fully saturated rings. The molecule has 0 aromatic heterocycles. The first kappa shape index (κ1) is 11.4. The van der Waals surface area contributed by atoms with Gasteiger partial charge in [-0.05, 0) is 25.7 Å². The van der Waals surface area contributed by atoms with E-state index in [1.54, 1.807) is 4.90 Å². The van der Waals surface area contributed by atoms with Gasteiger partial charge in [0, 0.05) is 13.1 Å². The molecular formula is C12H19NO3. The van der Waals surface area contributed by atoms with E-state index in [9.17, 15) is 9.59 Å². The number of carboxylic acid groups (broad SMARTS) is 1. The minimum Gasteiger partial charge on any atom is -0.481 e. The molecule has 1 N–H and O–H groups in total. The summed E-state index contributed by atoms with van der Waals surface area (Å²) in [5, 5.41) is 8.93. The average Bonchev–Trinajstić information content (AvgIpc) is 2.66. The molecule has 0 aromatic rings. The Hall–Kier alpha value is -1.06. The van der Waals surface area contributed by atoms with Gasteiger partial charge >= 0.3 is 5.97 Å². The van der Waals surface area contributed by atoms with Crippen molar-refractivity contribution in [3.05, 3.63) is 0 Å². The highest BCUT2D eigenvalue weighted by atomic mass is 16.4. The molecule has 0 spiro atoms. The van der Waals surface area contributed by atoms with Crippen molar-refractivity contribution >= 4 is 11.9 Å². The monoisotopic (exact) mass is 225 g/mol. The Morgan fingerprint density at radius 1 is 1.06 bits per heavy atom. The largest absolute Gasteiger partial charge is 0.481 e. The van der Waals surface area contributed by atoms with E-state index < -0.39 is 11.9 Å². The number of carboxylic acids is 1. The van der Waals surface area contributed by atoms with Crippen molar-refractivity contribution in [2.75, 3.05) is 7.05 Å². The van der Waals surface area contributed by atoms with Crippen molar-refractivity contribution in [3.8, 4) is 0 Å². The molecule has 2 unspecified atom stereocenters. The SMILES string of the molecule is CN(C(=O)C1CCC1C(=O)O)C1CCCC1. The van der Waals surface area contributed by atoms with E-state index in [0.717, 1.165) is 19.3 Å². The van der Waals surface area contributed by atoms with E-state index >= 15 is 0 Å². The van der Waals surface area contributed by atoms with Gasteiger partial charge in [-0.25, -0.2) is 0 Å². The van der Waals surface area contributed by atoms with Crippen LogP contribution in [0.25, 0.3) is 0 Å². The second-order valence-corrected chi connectivity index (χ2v) is 5.02. The smallest absolute Gasteiger partial charge is 0.307 e. The zero-order chi connectivity index (χ0) is 11.7. The molecular weight excluding hydrogens is 206 g/mol. The summed E-state index contributed by atoms with van der Waals surface area (Å²) in [6.45, 7) is 0. The van der Waals surface area contributed by atoms with Gasteiger partial charge in [-0.2, -0.15) is 0 Å². The van der Waals surface area contributed by atoms with Gasteiger partial charge in [-0.15, -0.1) is 0 Å². The van der Waals surface area contributed by atoms with Crippen molar-refractivity contribution in [2.24, 2.45) is 11.8 Å². The Labute approximate surface area is 95.6 Å². The Morgan fingerprint density at radius 2 is 1.62 bits per heavy atom. The van der Waals surface area contributed by atoms with E-state index in [1.807, 2.05) is 7.05 Å². The zero-order valence-electron chi connectivity index (χ0n) is 9.69. The maximum Gasteiger partial charge on any atom is 0.307 e. The summed E-state index contributed by atoms with van der Waals surface area (Å²) in [4.78, 5) is 24.8. The minimum atomic E-state index is -0.815. The molecule has 2 atom stereocenters. The molecule has 16 heavy (non-hydrogen) atoms. The standard InChI is InChI=1S/C12H19NO3/c1-13(8-4-2-3-5-8)11(14)9-6-7-10(9)12(15)16/h8-10H,2-7H2,1H3,(H,15,16). The third-order valence-electron chi connectivity index (χ3n) is 4.13. The highest BCUT2D eigenvalue weighted by Crippen LogP contribution is 2.37. The Bertz CT molecular complexity index is 297. The Morgan fingerprint density at radius 3 is 2.06 bits per heavy atom.